The van der Waals surface area contributed by atoms with Crippen molar-refractivity contribution in [2.24, 2.45) is 0 Å². The Hall–Kier alpha value is -2.44. The van der Waals surface area contributed by atoms with Crippen LogP contribution in [-0.4, -0.2) is 17.6 Å². The fourth-order valence-corrected chi connectivity index (χ4v) is 3.07. The van der Waals surface area contributed by atoms with Gasteiger partial charge in [-0.2, -0.15) is 0 Å². The van der Waals surface area contributed by atoms with Gasteiger partial charge in [0.05, 0.1) is 17.7 Å². The molecule has 0 saturated heterocycles. The maximum atomic E-state index is 13.0. The third-order valence-electron chi connectivity index (χ3n) is 3.33. The lowest BCUT2D eigenvalue weighted by Crippen LogP contribution is -2.29. The molecule has 118 valence electrons. The van der Waals surface area contributed by atoms with E-state index in [-0.39, 0.29) is 18.3 Å². The molecule has 0 saturated carbocycles. The molecule has 0 aliphatic rings. The first-order valence-corrected chi connectivity index (χ1v) is 7.80. The quantitative estimate of drug-likeness (QED) is 0.751. The zero-order chi connectivity index (χ0) is 16.2. The smallest absolute Gasteiger partial charge is 0.262 e. The van der Waals surface area contributed by atoms with Crippen molar-refractivity contribution in [3.63, 3.8) is 0 Å². The maximum Gasteiger partial charge on any atom is 0.262 e. The van der Waals surface area contributed by atoms with Crippen LogP contribution in [0.1, 0.15) is 21.5 Å². The highest BCUT2D eigenvalue weighted by Crippen LogP contribution is 2.28. The molecule has 0 radical (unpaired) electrons. The summed E-state index contributed by atoms with van der Waals surface area (Å²) < 4.78 is 18.2. The minimum absolute atomic E-state index is 0.255. The van der Waals surface area contributed by atoms with Gasteiger partial charge in [0, 0.05) is 4.88 Å². The number of furan rings is 1. The maximum absolute atomic E-state index is 13.0. The number of nitrogens with one attached hydrogen (secondary N) is 1. The molecule has 0 fully saturated rings. The SMILES string of the molecule is O=C(NC(CO)c1ccco1)c1ccc(-c2ccc(F)cc2)s1. The monoisotopic (exact) mass is 331 g/mol. The average molecular weight is 331 g/mol. The molecule has 0 bridgehead atoms. The van der Waals surface area contributed by atoms with Crippen molar-refractivity contribution < 1.29 is 18.7 Å². The third kappa shape index (κ3) is 3.49. The number of carbonyl (C=O) groups is 1. The molecule has 0 spiro atoms. The summed E-state index contributed by atoms with van der Waals surface area (Å²) in [5.74, 6) is -0.0949. The van der Waals surface area contributed by atoms with Crippen molar-refractivity contribution >= 4 is 17.2 Å². The Morgan fingerprint density at radius 1 is 1.22 bits per heavy atom. The van der Waals surface area contributed by atoms with Crippen LogP contribution in [0, 0.1) is 5.82 Å². The van der Waals surface area contributed by atoms with E-state index in [1.54, 1.807) is 30.3 Å². The third-order valence-corrected chi connectivity index (χ3v) is 4.47. The molecule has 3 aromatic rings. The highest BCUT2D eigenvalue weighted by molar-refractivity contribution is 7.17. The molecule has 1 unspecified atom stereocenters. The van der Waals surface area contributed by atoms with Crippen LogP contribution in [0.5, 0.6) is 0 Å². The number of carbonyl (C=O) groups excluding carboxylic acids is 1. The van der Waals surface area contributed by atoms with E-state index in [9.17, 15) is 14.3 Å². The van der Waals surface area contributed by atoms with Gasteiger partial charge in [-0.1, -0.05) is 12.1 Å². The zero-order valence-corrected chi connectivity index (χ0v) is 12.8. The minimum atomic E-state index is -0.589. The first kappa shape index (κ1) is 15.5. The van der Waals surface area contributed by atoms with Gasteiger partial charge in [0.25, 0.3) is 5.91 Å². The largest absolute Gasteiger partial charge is 0.467 e. The van der Waals surface area contributed by atoms with Gasteiger partial charge in [-0.25, -0.2) is 4.39 Å². The summed E-state index contributed by atoms with van der Waals surface area (Å²) in [6, 6.07) is 12.4. The van der Waals surface area contributed by atoms with Crippen LogP contribution in [0.25, 0.3) is 10.4 Å². The zero-order valence-electron chi connectivity index (χ0n) is 12.0. The number of hydrogen-bond acceptors (Lipinski definition) is 4. The van der Waals surface area contributed by atoms with Crippen molar-refractivity contribution in [1.29, 1.82) is 0 Å². The topological polar surface area (TPSA) is 62.5 Å². The first-order chi connectivity index (χ1) is 11.2. The molecule has 2 aromatic heterocycles. The summed E-state index contributed by atoms with van der Waals surface area (Å²) in [5.41, 5.74) is 0.847. The molecule has 1 atom stereocenters. The first-order valence-electron chi connectivity index (χ1n) is 6.98. The van der Waals surface area contributed by atoms with Crippen molar-refractivity contribution in [3.05, 3.63) is 71.2 Å². The highest BCUT2D eigenvalue weighted by Gasteiger charge is 2.18. The molecule has 3 rings (SSSR count). The van der Waals surface area contributed by atoms with E-state index in [1.165, 1.54) is 29.7 Å². The van der Waals surface area contributed by atoms with Gasteiger partial charge in [-0.3, -0.25) is 4.79 Å². The Balaban J connectivity index is 1.74. The lowest BCUT2D eigenvalue weighted by Gasteiger charge is -2.12. The second-order valence-electron chi connectivity index (χ2n) is 4.89. The van der Waals surface area contributed by atoms with Crippen LogP contribution < -0.4 is 5.32 Å². The summed E-state index contributed by atoms with van der Waals surface area (Å²) in [4.78, 5) is 13.7. The van der Waals surface area contributed by atoms with E-state index in [0.717, 1.165) is 10.4 Å². The summed E-state index contributed by atoms with van der Waals surface area (Å²) in [7, 11) is 0. The molecule has 2 heterocycles. The second kappa shape index (κ2) is 6.76. The lowest BCUT2D eigenvalue weighted by molar-refractivity contribution is 0.0911. The molecule has 2 N–H and O–H groups in total. The fraction of sp³-hybridized carbons (Fsp3) is 0.118. The van der Waals surface area contributed by atoms with Crippen LogP contribution in [-0.2, 0) is 0 Å². The van der Waals surface area contributed by atoms with E-state index in [4.69, 9.17) is 4.42 Å². The van der Waals surface area contributed by atoms with Crippen LogP contribution in [0.2, 0.25) is 0 Å². The summed E-state index contributed by atoms with van der Waals surface area (Å²) in [5, 5.41) is 12.1. The summed E-state index contributed by atoms with van der Waals surface area (Å²) >= 11 is 1.30. The fourth-order valence-electron chi connectivity index (χ4n) is 2.15. The average Bonchev–Trinajstić information content (AvgIpc) is 3.24. The Bertz CT molecular complexity index is 781. The van der Waals surface area contributed by atoms with E-state index in [0.29, 0.717) is 10.6 Å². The Morgan fingerprint density at radius 3 is 2.65 bits per heavy atom. The molecule has 4 nitrogen and oxygen atoms in total. The minimum Gasteiger partial charge on any atom is -0.467 e. The van der Waals surface area contributed by atoms with E-state index < -0.39 is 6.04 Å². The number of aliphatic hydroxyl groups is 1. The van der Waals surface area contributed by atoms with Gasteiger partial charge >= 0.3 is 0 Å². The Kier molecular flexibility index (Phi) is 4.55. The van der Waals surface area contributed by atoms with Gasteiger partial charge in [-0.15, -0.1) is 11.3 Å². The van der Waals surface area contributed by atoms with Crippen molar-refractivity contribution in [3.8, 4) is 10.4 Å². The van der Waals surface area contributed by atoms with Gasteiger partial charge in [-0.05, 0) is 42.0 Å². The highest BCUT2D eigenvalue weighted by atomic mass is 32.1. The molecule has 1 amide bonds. The van der Waals surface area contributed by atoms with Crippen LogP contribution in [0.4, 0.5) is 4.39 Å². The Labute approximate surface area is 136 Å². The Morgan fingerprint density at radius 2 is 2.00 bits per heavy atom. The molecule has 6 heteroatoms. The van der Waals surface area contributed by atoms with Crippen molar-refractivity contribution in [1.82, 2.24) is 5.32 Å². The molecule has 0 aliphatic heterocycles. The summed E-state index contributed by atoms with van der Waals surface area (Å²) in [6.07, 6.45) is 1.49. The number of halogens is 1. The van der Waals surface area contributed by atoms with Gasteiger partial charge < -0.3 is 14.8 Å². The standard InChI is InChI=1S/C17H14FNO3S/c18-12-5-3-11(4-6-12)15-7-8-16(23-15)17(21)19-13(10-20)14-2-1-9-22-14/h1-9,13,20H,10H2,(H,19,21). The number of amides is 1. The van der Waals surface area contributed by atoms with Gasteiger partial charge in [0.15, 0.2) is 0 Å². The number of benzene rings is 1. The van der Waals surface area contributed by atoms with Crippen LogP contribution in [0.3, 0.4) is 0 Å². The van der Waals surface area contributed by atoms with Crippen LogP contribution >= 0.6 is 11.3 Å². The van der Waals surface area contributed by atoms with Crippen molar-refractivity contribution in [2.75, 3.05) is 6.61 Å². The predicted octanol–water partition coefficient (Wildman–Crippen LogP) is 3.61. The summed E-state index contributed by atoms with van der Waals surface area (Å²) in [6.45, 7) is -0.255. The van der Waals surface area contributed by atoms with E-state index >= 15 is 0 Å². The van der Waals surface area contributed by atoms with E-state index in [2.05, 4.69) is 5.32 Å². The normalized spacial score (nSPS) is 12.1. The molecule has 0 aliphatic carbocycles. The molecular weight excluding hydrogens is 317 g/mol. The number of rotatable bonds is 5. The number of thiophene rings is 1. The molecular formula is C17H14FNO3S. The molecule has 1 aromatic carbocycles. The van der Waals surface area contributed by atoms with Crippen molar-refractivity contribution in [2.45, 2.75) is 6.04 Å². The second-order valence-corrected chi connectivity index (χ2v) is 5.98. The lowest BCUT2D eigenvalue weighted by atomic mass is 10.2. The molecule has 23 heavy (non-hydrogen) atoms. The number of aliphatic hydroxyl groups excluding tert-OH is 1. The van der Waals surface area contributed by atoms with E-state index in [1.807, 2.05) is 6.07 Å². The number of hydrogen-bond donors (Lipinski definition) is 2. The van der Waals surface area contributed by atoms with Gasteiger partial charge in [0.1, 0.15) is 17.6 Å². The predicted molar refractivity (Wildman–Crippen MR) is 85.7 cm³/mol. The van der Waals surface area contributed by atoms with Gasteiger partial charge in [0.2, 0.25) is 0 Å². The van der Waals surface area contributed by atoms with Crippen LogP contribution in [0.15, 0.2) is 59.2 Å².